The Bertz CT molecular complexity index is 756. The summed E-state index contributed by atoms with van der Waals surface area (Å²) in [4.78, 5) is 20.7. The van der Waals surface area contributed by atoms with Crippen LogP contribution in [0.25, 0.3) is 0 Å². The number of aryl methyl sites for hydroxylation is 1. The van der Waals surface area contributed by atoms with Crippen LogP contribution in [-0.2, 0) is 6.42 Å². The lowest BCUT2D eigenvalue weighted by molar-refractivity contribution is 0.0747. The Hall–Kier alpha value is -2.87. The second-order valence-electron chi connectivity index (χ2n) is 5.84. The van der Waals surface area contributed by atoms with Gasteiger partial charge in [-0.25, -0.2) is 4.98 Å². The van der Waals surface area contributed by atoms with Gasteiger partial charge in [0.1, 0.15) is 11.8 Å². The van der Waals surface area contributed by atoms with Crippen molar-refractivity contribution in [3.05, 3.63) is 59.4 Å². The summed E-state index contributed by atoms with van der Waals surface area (Å²) in [5.41, 5.74) is 3.39. The Kier molecular flexibility index (Phi) is 4.76. The molecule has 0 spiro atoms. The van der Waals surface area contributed by atoms with E-state index in [4.69, 9.17) is 5.26 Å². The molecule has 0 N–H and O–H groups in total. The molecule has 2 aromatic rings. The monoisotopic (exact) mass is 320 g/mol. The lowest BCUT2D eigenvalue weighted by Gasteiger charge is -2.36. The van der Waals surface area contributed by atoms with Crippen molar-refractivity contribution in [1.82, 2.24) is 9.88 Å². The number of anilines is 1. The molecule has 1 saturated heterocycles. The highest BCUT2D eigenvalue weighted by molar-refractivity contribution is 5.94. The van der Waals surface area contributed by atoms with Gasteiger partial charge in [0.2, 0.25) is 0 Å². The molecule has 1 amide bonds. The quantitative estimate of drug-likeness (QED) is 0.872. The highest BCUT2D eigenvalue weighted by Crippen LogP contribution is 2.18. The van der Waals surface area contributed by atoms with Gasteiger partial charge in [0, 0.05) is 43.6 Å². The number of amides is 1. The van der Waals surface area contributed by atoms with Gasteiger partial charge < -0.3 is 9.80 Å². The van der Waals surface area contributed by atoms with Crippen LogP contribution in [-0.4, -0.2) is 42.0 Å². The van der Waals surface area contributed by atoms with Crippen molar-refractivity contribution in [3.63, 3.8) is 0 Å². The van der Waals surface area contributed by atoms with Crippen LogP contribution in [0.1, 0.15) is 28.5 Å². The Morgan fingerprint density at radius 3 is 2.50 bits per heavy atom. The first-order chi connectivity index (χ1) is 11.7. The van der Waals surface area contributed by atoms with Crippen LogP contribution in [0.15, 0.2) is 42.6 Å². The fourth-order valence-corrected chi connectivity index (χ4v) is 2.91. The van der Waals surface area contributed by atoms with Gasteiger partial charge in [-0.05, 0) is 36.2 Å². The molecule has 1 aromatic heterocycles. The van der Waals surface area contributed by atoms with Crippen molar-refractivity contribution in [3.8, 4) is 6.07 Å². The Balaban J connectivity index is 1.63. The number of aromatic nitrogens is 1. The van der Waals surface area contributed by atoms with Gasteiger partial charge in [-0.1, -0.05) is 19.1 Å². The molecule has 0 atom stereocenters. The Labute approximate surface area is 142 Å². The molecule has 1 aliphatic rings. The van der Waals surface area contributed by atoms with Crippen LogP contribution in [0.3, 0.4) is 0 Å². The smallest absolute Gasteiger partial charge is 0.253 e. The second-order valence-corrected chi connectivity index (χ2v) is 5.84. The van der Waals surface area contributed by atoms with E-state index in [2.05, 4.69) is 22.9 Å². The summed E-state index contributed by atoms with van der Waals surface area (Å²) in [5, 5.41) is 8.95. The molecular formula is C19H20N4O. The molecule has 0 bridgehead atoms. The second kappa shape index (κ2) is 7.14. The van der Waals surface area contributed by atoms with Crippen LogP contribution in [0.2, 0.25) is 0 Å². The van der Waals surface area contributed by atoms with Crippen LogP contribution >= 0.6 is 0 Å². The standard InChI is InChI=1S/C19H20N4O/c1-2-15-3-5-16(6-4-15)19(24)23-11-9-22(10-12-23)18-7-8-21-17(13-18)14-20/h3-8,13H,2,9-12H2,1H3. The number of nitriles is 1. The minimum atomic E-state index is 0.0877. The molecule has 5 heteroatoms. The van der Waals surface area contributed by atoms with E-state index in [0.717, 1.165) is 30.8 Å². The highest BCUT2D eigenvalue weighted by atomic mass is 16.2. The number of rotatable bonds is 3. The SMILES string of the molecule is CCc1ccc(C(=O)N2CCN(c3ccnc(C#N)c3)CC2)cc1. The van der Waals surface area contributed by atoms with Gasteiger partial charge in [0.15, 0.2) is 0 Å². The summed E-state index contributed by atoms with van der Waals surface area (Å²) < 4.78 is 0. The first-order valence-electron chi connectivity index (χ1n) is 8.20. The first kappa shape index (κ1) is 16.0. The number of hydrogen-bond donors (Lipinski definition) is 0. The van der Waals surface area contributed by atoms with Crippen molar-refractivity contribution in [1.29, 1.82) is 5.26 Å². The molecule has 24 heavy (non-hydrogen) atoms. The summed E-state index contributed by atoms with van der Waals surface area (Å²) in [6.45, 7) is 4.98. The number of nitrogens with zero attached hydrogens (tertiary/aromatic N) is 4. The van der Waals surface area contributed by atoms with Gasteiger partial charge in [-0.3, -0.25) is 4.79 Å². The summed E-state index contributed by atoms with van der Waals surface area (Å²) in [5.74, 6) is 0.0877. The minimum absolute atomic E-state index is 0.0877. The zero-order chi connectivity index (χ0) is 16.9. The van der Waals surface area contributed by atoms with Crippen molar-refractivity contribution >= 4 is 11.6 Å². The lowest BCUT2D eigenvalue weighted by atomic mass is 10.1. The van der Waals surface area contributed by atoms with E-state index >= 15 is 0 Å². The third-order valence-electron chi connectivity index (χ3n) is 4.40. The van der Waals surface area contributed by atoms with Gasteiger partial charge in [0.25, 0.3) is 5.91 Å². The first-order valence-corrected chi connectivity index (χ1v) is 8.20. The summed E-state index contributed by atoms with van der Waals surface area (Å²) in [6.07, 6.45) is 2.63. The Morgan fingerprint density at radius 1 is 1.17 bits per heavy atom. The maximum absolute atomic E-state index is 12.6. The number of pyridine rings is 1. The van der Waals surface area contributed by atoms with Crippen LogP contribution < -0.4 is 4.90 Å². The zero-order valence-corrected chi connectivity index (χ0v) is 13.8. The number of piperazine rings is 1. The van der Waals surface area contributed by atoms with Gasteiger partial charge in [-0.2, -0.15) is 5.26 Å². The van der Waals surface area contributed by atoms with Gasteiger partial charge in [-0.15, -0.1) is 0 Å². The fraction of sp³-hybridized carbons (Fsp3) is 0.316. The van der Waals surface area contributed by atoms with Crippen molar-refractivity contribution < 1.29 is 4.79 Å². The predicted octanol–water partition coefficient (Wildman–Crippen LogP) is 2.48. The van der Waals surface area contributed by atoms with E-state index < -0.39 is 0 Å². The van der Waals surface area contributed by atoms with Crippen LogP contribution in [0, 0.1) is 11.3 Å². The summed E-state index contributed by atoms with van der Waals surface area (Å²) in [7, 11) is 0. The lowest BCUT2D eigenvalue weighted by Crippen LogP contribution is -2.48. The summed E-state index contributed by atoms with van der Waals surface area (Å²) in [6, 6.07) is 13.6. The van der Waals surface area contributed by atoms with Gasteiger partial charge in [0.05, 0.1) is 0 Å². The topological polar surface area (TPSA) is 60.2 Å². The van der Waals surface area contributed by atoms with E-state index in [1.54, 1.807) is 12.3 Å². The van der Waals surface area contributed by atoms with Crippen LogP contribution in [0.4, 0.5) is 5.69 Å². The van der Waals surface area contributed by atoms with E-state index in [9.17, 15) is 4.79 Å². The molecule has 1 aliphatic heterocycles. The number of hydrogen-bond acceptors (Lipinski definition) is 4. The molecule has 0 aliphatic carbocycles. The van der Waals surface area contributed by atoms with Crippen molar-refractivity contribution in [2.45, 2.75) is 13.3 Å². The van der Waals surface area contributed by atoms with E-state index in [1.807, 2.05) is 35.2 Å². The highest BCUT2D eigenvalue weighted by Gasteiger charge is 2.22. The molecule has 1 aromatic carbocycles. The Morgan fingerprint density at radius 2 is 1.88 bits per heavy atom. The van der Waals surface area contributed by atoms with E-state index in [0.29, 0.717) is 18.8 Å². The molecule has 0 unspecified atom stereocenters. The molecule has 122 valence electrons. The molecule has 3 rings (SSSR count). The average molecular weight is 320 g/mol. The third-order valence-corrected chi connectivity index (χ3v) is 4.40. The van der Waals surface area contributed by atoms with Gasteiger partial charge >= 0.3 is 0 Å². The normalized spacial score (nSPS) is 14.3. The fourth-order valence-electron chi connectivity index (χ4n) is 2.91. The molecule has 0 radical (unpaired) electrons. The van der Waals surface area contributed by atoms with Crippen molar-refractivity contribution in [2.24, 2.45) is 0 Å². The molecular weight excluding hydrogens is 300 g/mol. The maximum atomic E-state index is 12.6. The number of carbonyl (C=O) groups is 1. The van der Waals surface area contributed by atoms with Crippen LogP contribution in [0.5, 0.6) is 0 Å². The molecule has 0 saturated carbocycles. The average Bonchev–Trinajstić information content (AvgIpc) is 2.67. The maximum Gasteiger partial charge on any atom is 0.253 e. The number of carbonyl (C=O) groups excluding carboxylic acids is 1. The molecule has 2 heterocycles. The minimum Gasteiger partial charge on any atom is -0.368 e. The predicted molar refractivity (Wildman–Crippen MR) is 92.9 cm³/mol. The van der Waals surface area contributed by atoms with E-state index in [-0.39, 0.29) is 5.91 Å². The number of benzene rings is 1. The van der Waals surface area contributed by atoms with Crippen molar-refractivity contribution in [2.75, 3.05) is 31.1 Å². The third kappa shape index (κ3) is 3.38. The molecule has 5 nitrogen and oxygen atoms in total. The van der Waals surface area contributed by atoms with E-state index in [1.165, 1.54) is 5.56 Å². The molecule has 1 fully saturated rings. The largest absolute Gasteiger partial charge is 0.368 e. The zero-order valence-electron chi connectivity index (χ0n) is 13.8. The summed E-state index contributed by atoms with van der Waals surface area (Å²) >= 11 is 0.